The van der Waals surface area contributed by atoms with Gasteiger partial charge in [-0.2, -0.15) is 0 Å². The van der Waals surface area contributed by atoms with Crippen LogP contribution in [0.15, 0.2) is 66.7 Å². The first kappa shape index (κ1) is 27.5. The molecule has 0 heterocycles. The van der Waals surface area contributed by atoms with E-state index in [-0.39, 0.29) is 0 Å². The summed E-state index contributed by atoms with van der Waals surface area (Å²) in [5.41, 5.74) is 4.58. The maximum absolute atomic E-state index is 12.6. The van der Waals surface area contributed by atoms with Gasteiger partial charge in [0.25, 0.3) is 0 Å². The van der Waals surface area contributed by atoms with E-state index in [0.29, 0.717) is 17.0 Å². The van der Waals surface area contributed by atoms with E-state index in [0.717, 1.165) is 50.1 Å². The van der Waals surface area contributed by atoms with E-state index >= 15 is 0 Å². The van der Waals surface area contributed by atoms with E-state index in [1.165, 1.54) is 0 Å². The number of carboxylic acid groups (broad SMARTS) is 1. The molecular weight excluding hydrogens is 500 g/mol. The highest BCUT2D eigenvalue weighted by molar-refractivity contribution is 6.30. The minimum absolute atomic E-state index is 0.606. The lowest BCUT2D eigenvalue weighted by atomic mass is 9.85. The van der Waals surface area contributed by atoms with Crippen LogP contribution in [0.25, 0.3) is 21.9 Å². The van der Waals surface area contributed by atoms with Gasteiger partial charge in [-0.1, -0.05) is 48.0 Å². The Balaban J connectivity index is 2.04. The van der Waals surface area contributed by atoms with Crippen LogP contribution in [0.4, 0.5) is 0 Å². The van der Waals surface area contributed by atoms with Gasteiger partial charge in [-0.05, 0) is 91.1 Å². The summed E-state index contributed by atoms with van der Waals surface area (Å²) >= 11 is 6.22. The first-order valence-corrected chi connectivity index (χ1v) is 12.8. The van der Waals surface area contributed by atoms with Crippen LogP contribution < -0.4 is 9.47 Å². The van der Waals surface area contributed by atoms with Crippen molar-refractivity contribution in [3.05, 3.63) is 94.0 Å². The van der Waals surface area contributed by atoms with Crippen LogP contribution in [0.5, 0.6) is 11.5 Å². The summed E-state index contributed by atoms with van der Waals surface area (Å²) in [7, 11) is 3.31. The van der Waals surface area contributed by atoms with Gasteiger partial charge in [0.2, 0.25) is 0 Å². The van der Waals surface area contributed by atoms with Gasteiger partial charge >= 0.3 is 5.97 Å². The molecule has 5 nitrogen and oxygen atoms in total. The number of methoxy groups -OCH3 is 2. The average Bonchev–Trinajstić information content (AvgIpc) is 2.87. The van der Waals surface area contributed by atoms with Crippen molar-refractivity contribution in [2.45, 2.75) is 45.8 Å². The predicted molar refractivity (Wildman–Crippen MR) is 153 cm³/mol. The Morgan fingerprint density at radius 2 is 1.58 bits per heavy atom. The maximum Gasteiger partial charge on any atom is 0.337 e. The van der Waals surface area contributed by atoms with Crippen LogP contribution in [0.1, 0.15) is 49.1 Å². The van der Waals surface area contributed by atoms with E-state index in [1.54, 1.807) is 14.2 Å². The van der Waals surface area contributed by atoms with Gasteiger partial charge in [0.15, 0.2) is 6.10 Å². The number of ether oxygens (including phenoxy) is 3. The highest BCUT2D eigenvalue weighted by Crippen LogP contribution is 2.43. The molecule has 1 unspecified atom stereocenters. The van der Waals surface area contributed by atoms with Gasteiger partial charge in [-0.3, -0.25) is 0 Å². The van der Waals surface area contributed by atoms with Crippen LogP contribution in [-0.2, 0) is 16.0 Å². The molecule has 0 aliphatic heterocycles. The summed E-state index contributed by atoms with van der Waals surface area (Å²) in [6.45, 7) is 7.52. The van der Waals surface area contributed by atoms with Crippen molar-refractivity contribution in [1.29, 1.82) is 0 Å². The normalized spacial score (nSPS) is 12.4. The molecule has 0 bridgehead atoms. The molecule has 198 valence electrons. The van der Waals surface area contributed by atoms with E-state index in [1.807, 2.05) is 94.4 Å². The number of benzene rings is 4. The zero-order chi connectivity index (χ0) is 27.6. The smallest absolute Gasteiger partial charge is 0.337 e. The number of fused-ring (bicyclic) bond motifs is 1. The summed E-state index contributed by atoms with van der Waals surface area (Å²) in [6.07, 6.45) is -0.526. The topological polar surface area (TPSA) is 65.0 Å². The van der Waals surface area contributed by atoms with Gasteiger partial charge in [0.1, 0.15) is 11.5 Å². The molecule has 0 spiro atoms. The quantitative estimate of drug-likeness (QED) is 0.249. The van der Waals surface area contributed by atoms with Crippen molar-refractivity contribution >= 4 is 28.3 Å². The standard InChI is InChI=1S/C32H33ClO5/c1-19-17-25-24(15-16-27(37-6)26(25)18-20-7-13-23(36-5)14-8-20)29(21-9-11-22(33)12-10-21)28(19)30(31(34)35)38-32(2,3)4/h7-17,30H,18H2,1-6H3,(H,34,35). The molecule has 1 N–H and O–H groups in total. The number of hydrogen-bond acceptors (Lipinski definition) is 4. The molecule has 0 aromatic heterocycles. The van der Waals surface area contributed by atoms with Crippen LogP contribution in [0.3, 0.4) is 0 Å². The number of rotatable bonds is 8. The molecule has 0 aliphatic rings. The molecule has 4 rings (SSSR count). The highest BCUT2D eigenvalue weighted by atomic mass is 35.5. The maximum atomic E-state index is 12.6. The number of carboxylic acids is 1. The molecule has 1 atom stereocenters. The lowest BCUT2D eigenvalue weighted by molar-refractivity contribution is -0.160. The van der Waals surface area contributed by atoms with Gasteiger partial charge in [0, 0.05) is 22.6 Å². The summed E-state index contributed by atoms with van der Waals surface area (Å²) in [5.74, 6) is 0.524. The number of hydrogen-bond donors (Lipinski definition) is 1. The lowest BCUT2D eigenvalue weighted by Gasteiger charge is -2.29. The molecule has 0 radical (unpaired) electrons. The zero-order valence-electron chi connectivity index (χ0n) is 22.6. The summed E-state index contributed by atoms with van der Waals surface area (Å²) in [5, 5.41) is 12.8. The first-order valence-electron chi connectivity index (χ1n) is 12.4. The average molecular weight is 533 g/mol. The Kier molecular flexibility index (Phi) is 8.00. The number of aryl methyl sites for hydroxylation is 1. The van der Waals surface area contributed by atoms with Crippen molar-refractivity contribution in [2.24, 2.45) is 0 Å². The van der Waals surface area contributed by atoms with Crippen LogP contribution in [0, 0.1) is 6.92 Å². The molecule has 38 heavy (non-hydrogen) atoms. The number of carbonyl (C=O) groups is 1. The minimum atomic E-state index is -1.16. The summed E-state index contributed by atoms with van der Waals surface area (Å²) in [6, 6.07) is 21.4. The summed E-state index contributed by atoms with van der Waals surface area (Å²) in [4.78, 5) is 12.6. The lowest BCUT2D eigenvalue weighted by Crippen LogP contribution is -2.28. The van der Waals surface area contributed by atoms with Crippen LogP contribution in [-0.4, -0.2) is 30.9 Å². The van der Waals surface area contributed by atoms with Crippen LogP contribution in [0.2, 0.25) is 5.02 Å². The van der Waals surface area contributed by atoms with Crippen molar-refractivity contribution < 1.29 is 24.1 Å². The van der Waals surface area contributed by atoms with Crippen molar-refractivity contribution in [3.8, 4) is 22.6 Å². The summed E-state index contributed by atoms with van der Waals surface area (Å²) < 4.78 is 17.2. The van der Waals surface area contributed by atoms with E-state index in [9.17, 15) is 9.90 Å². The molecular formula is C32H33ClO5. The largest absolute Gasteiger partial charge is 0.497 e. The third kappa shape index (κ3) is 5.79. The molecule has 6 heteroatoms. The minimum Gasteiger partial charge on any atom is -0.497 e. The molecule has 4 aromatic carbocycles. The fourth-order valence-corrected chi connectivity index (χ4v) is 4.96. The fraction of sp³-hybridized carbons (Fsp3) is 0.281. The Morgan fingerprint density at radius 1 is 0.921 bits per heavy atom. The Bertz CT molecular complexity index is 1450. The van der Waals surface area contributed by atoms with Gasteiger partial charge in [0.05, 0.1) is 19.8 Å². The second-order valence-electron chi connectivity index (χ2n) is 10.3. The second kappa shape index (κ2) is 11.1. The first-order chi connectivity index (χ1) is 18.0. The van der Waals surface area contributed by atoms with Gasteiger partial charge < -0.3 is 19.3 Å². The number of aliphatic carboxylic acids is 1. The van der Waals surface area contributed by atoms with E-state index < -0.39 is 17.7 Å². The van der Waals surface area contributed by atoms with E-state index in [2.05, 4.69) is 0 Å². The van der Waals surface area contributed by atoms with Crippen molar-refractivity contribution in [3.63, 3.8) is 0 Å². The Morgan fingerprint density at radius 3 is 2.13 bits per heavy atom. The Hall–Kier alpha value is -3.54. The van der Waals surface area contributed by atoms with Crippen LogP contribution >= 0.6 is 11.6 Å². The molecule has 0 aliphatic carbocycles. The van der Waals surface area contributed by atoms with Crippen molar-refractivity contribution in [1.82, 2.24) is 0 Å². The molecule has 0 saturated carbocycles. The fourth-order valence-electron chi connectivity index (χ4n) is 4.84. The molecule has 0 fully saturated rings. The highest BCUT2D eigenvalue weighted by Gasteiger charge is 2.32. The molecule has 0 amide bonds. The van der Waals surface area contributed by atoms with Crippen molar-refractivity contribution in [2.75, 3.05) is 14.2 Å². The third-order valence-electron chi connectivity index (χ3n) is 6.49. The number of halogens is 1. The zero-order valence-corrected chi connectivity index (χ0v) is 23.3. The monoisotopic (exact) mass is 532 g/mol. The Labute approximate surface area is 228 Å². The van der Waals surface area contributed by atoms with Gasteiger partial charge in [-0.15, -0.1) is 0 Å². The SMILES string of the molecule is COc1ccc(Cc2c(OC)ccc3c(-c4ccc(Cl)cc4)c(C(OC(C)(C)C)C(=O)O)c(C)cc23)cc1. The second-order valence-corrected chi connectivity index (χ2v) is 10.7. The van der Waals surface area contributed by atoms with Gasteiger partial charge in [-0.25, -0.2) is 4.79 Å². The molecule has 4 aromatic rings. The van der Waals surface area contributed by atoms with E-state index in [4.69, 9.17) is 25.8 Å². The predicted octanol–water partition coefficient (Wildman–Crippen LogP) is 8.02. The third-order valence-corrected chi connectivity index (χ3v) is 6.74. The molecule has 0 saturated heterocycles.